The molecule has 4 aliphatic carbocycles. The Labute approximate surface area is 197 Å². The van der Waals surface area contributed by atoms with E-state index in [0.29, 0.717) is 40.1 Å². The lowest BCUT2D eigenvalue weighted by molar-refractivity contribution is -0.159. The van der Waals surface area contributed by atoms with Crippen molar-refractivity contribution in [2.24, 2.45) is 22.7 Å². The topological polar surface area (TPSA) is 66.0 Å². The van der Waals surface area contributed by atoms with Crippen LogP contribution in [-0.4, -0.2) is 0 Å². The van der Waals surface area contributed by atoms with E-state index in [1.165, 1.54) is 49.7 Å². The first kappa shape index (κ1) is 21.8. The van der Waals surface area contributed by atoms with Crippen LogP contribution in [0, 0.1) is 45.7 Å². The van der Waals surface area contributed by atoms with E-state index in [9.17, 15) is 0 Å². The number of hydrogen-bond donors (Lipinski definition) is 0. The van der Waals surface area contributed by atoms with Crippen molar-refractivity contribution in [3.63, 3.8) is 0 Å². The maximum Gasteiger partial charge on any atom is 0.292 e. The number of ether oxygens (including phenoxy) is 2. The number of nitriles is 2. The van der Waals surface area contributed by atoms with Gasteiger partial charge in [0, 0.05) is 5.41 Å². The monoisotopic (exact) mass is 440 g/mol. The summed E-state index contributed by atoms with van der Waals surface area (Å²) in [6.07, 6.45) is 11.2. The molecule has 0 aliphatic heterocycles. The lowest BCUT2D eigenvalue weighted by atomic mass is 9.33. The van der Waals surface area contributed by atoms with Crippen LogP contribution in [0.4, 0.5) is 0 Å². The molecule has 4 nitrogen and oxygen atoms in total. The molecule has 4 bridgehead atoms. The molecule has 4 saturated carbocycles. The van der Waals surface area contributed by atoms with E-state index in [4.69, 9.17) is 20.0 Å². The third kappa shape index (κ3) is 3.31. The van der Waals surface area contributed by atoms with Crippen molar-refractivity contribution in [2.45, 2.75) is 70.6 Å². The number of benzene rings is 2. The predicted octanol–water partition coefficient (Wildman–Crippen LogP) is 7.07. The quantitative estimate of drug-likeness (QED) is 0.450. The van der Waals surface area contributed by atoms with Gasteiger partial charge < -0.3 is 9.47 Å². The average Bonchev–Trinajstić information content (AvgIpc) is 2.80. The van der Waals surface area contributed by atoms with E-state index in [2.05, 4.69) is 45.0 Å². The summed E-state index contributed by atoms with van der Waals surface area (Å²) in [6.45, 7) is 7.25. The van der Waals surface area contributed by atoms with Crippen molar-refractivity contribution >= 4 is 0 Å². The van der Waals surface area contributed by atoms with Gasteiger partial charge in [0.25, 0.3) is 12.5 Å². The highest BCUT2D eigenvalue weighted by molar-refractivity contribution is 5.44. The molecule has 2 aromatic carbocycles. The fourth-order valence-electron chi connectivity index (χ4n) is 8.29. The van der Waals surface area contributed by atoms with E-state index in [1.807, 2.05) is 24.3 Å². The van der Waals surface area contributed by atoms with Crippen molar-refractivity contribution in [3.05, 3.63) is 59.7 Å². The summed E-state index contributed by atoms with van der Waals surface area (Å²) in [4.78, 5) is 0. The van der Waals surface area contributed by atoms with Gasteiger partial charge in [0.15, 0.2) is 0 Å². The van der Waals surface area contributed by atoms with Crippen LogP contribution in [0.5, 0.6) is 11.5 Å². The summed E-state index contributed by atoms with van der Waals surface area (Å²) >= 11 is 0. The van der Waals surface area contributed by atoms with Crippen LogP contribution in [0.2, 0.25) is 0 Å². The molecule has 4 aliphatic rings. The van der Waals surface area contributed by atoms with Crippen LogP contribution < -0.4 is 9.47 Å². The fourth-order valence-corrected chi connectivity index (χ4v) is 8.29. The Morgan fingerprint density at radius 1 is 0.879 bits per heavy atom. The lowest BCUT2D eigenvalue weighted by Crippen LogP contribution is -2.63. The zero-order valence-electron chi connectivity index (χ0n) is 19.8. The van der Waals surface area contributed by atoms with E-state index >= 15 is 0 Å². The van der Waals surface area contributed by atoms with Crippen molar-refractivity contribution in [2.75, 3.05) is 0 Å². The van der Waals surface area contributed by atoms with E-state index in [1.54, 1.807) is 12.5 Å². The first-order valence-corrected chi connectivity index (χ1v) is 12.2. The van der Waals surface area contributed by atoms with Crippen molar-refractivity contribution in [1.82, 2.24) is 0 Å². The smallest absolute Gasteiger partial charge is 0.292 e. The van der Waals surface area contributed by atoms with Crippen molar-refractivity contribution in [3.8, 4) is 24.0 Å². The van der Waals surface area contributed by atoms with Gasteiger partial charge in [0.2, 0.25) is 0 Å². The molecule has 170 valence electrons. The molecule has 6 rings (SSSR count). The normalized spacial score (nSPS) is 34.0. The minimum absolute atomic E-state index is 0.0580. The van der Waals surface area contributed by atoms with Gasteiger partial charge in [-0.15, -0.1) is 10.5 Å². The summed E-state index contributed by atoms with van der Waals surface area (Å²) in [5, 5.41) is 17.8. The minimum atomic E-state index is 0.0580. The number of rotatable bonds is 6. The SMILES string of the molecule is CCC12CC3CC(C(C)C)(C1)CC(c1ccc(OC#N)cc1)(C2)C3c1ccc(OC#N)cc1. The van der Waals surface area contributed by atoms with Gasteiger partial charge >= 0.3 is 0 Å². The zero-order valence-corrected chi connectivity index (χ0v) is 19.8. The molecular weight excluding hydrogens is 408 g/mol. The molecule has 0 aromatic heterocycles. The Morgan fingerprint density at radius 2 is 1.48 bits per heavy atom. The lowest BCUT2D eigenvalue weighted by Gasteiger charge is -2.71. The molecule has 5 atom stereocenters. The molecule has 33 heavy (non-hydrogen) atoms. The van der Waals surface area contributed by atoms with Crippen LogP contribution in [0.3, 0.4) is 0 Å². The van der Waals surface area contributed by atoms with Crippen molar-refractivity contribution < 1.29 is 9.47 Å². The number of hydrogen-bond acceptors (Lipinski definition) is 4. The summed E-state index contributed by atoms with van der Waals surface area (Å²) < 4.78 is 10.2. The predicted molar refractivity (Wildman–Crippen MR) is 126 cm³/mol. The molecule has 0 radical (unpaired) electrons. The molecule has 0 N–H and O–H groups in total. The van der Waals surface area contributed by atoms with Crippen molar-refractivity contribution in [1.29, 1.82) is 10.5 Å². The summed E-state index contributed by atoms with van der Waals surface area (Å²) in [5.74, 6) is 2.93. The molecule has 2 aromatic rings. The third-order valence-corrected chi connectivity index (χ3v) is 9.49. The van der Waals surface area contributed by atoms with Gasteiger partial charge in [-0.2, -0.15) is 0 Å². The summed E-state index contributed by atoms with van der Waals surface area (Å²) in [6, 6.07) is 16.6. The van der Waals surface area contributed by atoms with Crippen LogP contribution in [0.15, 0.2) is 48.5 Å². The Hall–Kier alpha value is -2.98. The molecule has 0 saturated heterocycles. The standard InChI is InChI=1S/C29H32N2O2/c1-4-27-13-22-14-28(15-27,20(2)3)17-29(16-27,23-7-11-25(12-8-23)33-19-31)26(22)21-5-9-24(10-6-21)32-18-30/h5-12,20,22,26H,4,13-17H2,1-3H3. The van der Waals surface area contributed by atoms with Crippen LogP contribution in [0.25, 0.3) is 0 Å². The van der Waals surface area contributed by atoms with Gasteiger partial charge in [-0.3, -0.25) is 0 Å². The third-order valence-electron chi connectivity index (χ3n) is 9.49. The molecule has 0 heterocycles. The average molecular weight is 441 g/mol. The second-order valence-electron chi connectivity index (χ2n) is 11.2. The number of nitrogens with zero attached hydrogens (tertiary/aromatic N) is 2. The minimum Gasteiger partial charge on any atom is -0.388 e. The molecule has 0 amide bonds. The summed E-state index contributed by atoms with van der Waals surface area (Å²) in [7, 11) is 0. The van der Waals surface area contributed by atoms with E-state index in [-0.39, 0.29) is 5.41 Å². The maximum absolute atomic E-state index is 8.93. The highest BCUT2D eigenvalue weighted by atomic mass is 16.5. The highest BCUT2D eigenvalue weighted by Crippen LogP contribution is 2.76. The Bertz CT molecular complexity index is 1110. The molecule has 4 heteroatoms. The summed E-state index contributed by atoms with van der Waals surface area (Å²) in [5.41, 5.74) is 3.56. The van der Waals surface area contributed by atoms with Crippen LogP contribution in [-0.2, 0) is 5.41 Å². The van der Waals surface area contributed by atoms with E-state index in [0.717, 1.165) is 0 Å². The maximum atomic E-state index is 8.93. The van der Waals surface area contributed by atoms with Gasteiger partial charge in [-0.1, -0.05) is 51.5 Å². The van der Waals surface area contributed by atoms with Crippen LogP contribution in [0.1, 0.15) is 76.3 Å². The van der Waals surface area contributed by atoms with Gasteiger partial charge in [-0.25, -0.2) is 0 Å². The Balaban J connectivity index is 1.66. The largest absolute Gasteiger partial charge is 0.388 e. The first-order chi connectivity index (χ1) is 15.9. The Kier molecular flexibility index (Phi) is 5.17. The molecule has 5 unspecified atom stereocenters. The second kappa shape index (κ2) is 7.81. The van der Waals surface area contributed by atoms with Gasteiger partial charge in [0.1, 0.15) is 11.5 Å². The fraction of sp³-hybridized carbons (Fsp3) is 0.517. The van der Waals surface area contributed by atoms with Gasteiger partial charge in [0.05, 0.1) is 0 Å². The molecule has 4 fully saturated rings. The Morgan fingerprint density at radius 3 is 2.03 bits per heavy atom. The second-order valence-corrected chi connectivity index (χ2v) is 11.2. The van der Waals surface area contributed by atoms with E-state index < -0.39 is 0 Å². The zero-order chi connectivity index (χ0) is 23.3. The van der Waals surface area contributed by atoms with Gasteiger partial charge in [-0.05, 0) is 96.1 Å². The molecular formula is C29H32N2O2. The first-order valence-electron chi connectivity index (χ1n) is 12.2. The highest BCUT2D eigenvalue weighted by Gasteiger charge is 2.67. The van der Waals surface area contributed by atoms with Crippen LogP contribution >= 0.6 is 0 Å². The molecule has 0 spiro atoms.